The Labute approximate surface area is 140 Å². The van der Waals surface area contributed by atoms with Crippen molar-refractivity contribution in [1.29, 1.82) is 0 Å². The summed E-state index contributed by atoms with van der Waals surface area (Å²) in [6.45, 7) is 0. The number of pyridine rings is 1. The van der Waals surface area contributed by atoms with E-state index < -0.39 is 5.54 Å². The Morgan fingerprint density at radius 2 is 1.83 bits per heavy atom. The Kier molecular flexibility index (Phi) is 4.57. The molecule has 0 atom stereocenters. The quantitative estimate of drug-likeness (QED) is 0.805. The van der Waals surface area contributed by atoms with Gasteiger partial charge in [0, 0.05) is 17.4 Å². The zero-order chi connectivity index (χ0) is 17.0. The van der Waals surface area contributed by atoms with Crippen molar-refractivity contribution in [3.63, 3.8) is 0 Å². The van der Waals surface area contributed by atoms with Gasteiger partial charge in [0.25, 0.3) is 5.91 Å². The summed E-state index contributed by atoms with van der Waals surface area (Å²) in [6, 6.07) is 12.1. The van der Waals surface area contributed by atoms with Crippen LogP contribution in [0, 0.1) is 0 Å². The summed E-state index contributed by atoms with van der Waals surface area (Å²) in [4.78, 5) is 28.7. The van der Waals surface area contributed by atoms with Gasteiger partial charge in [-0.2, -0.15) is 0 Å². The molecule has 24 heavy (non-hydrogen) atoms. The minimum Gasteiger partial charge on any atom is -0.324 e. The molecule has 0 unspecified atom stereocenters. The van der Waals surface area contributed by atoms with Crippen LogP contribution in [-0.2, 0) is 4.79 Å². The molecule has 1 saturated carbocycles. The molecular formula is C18H20N4O2. The van der Waals surface area contributed by atoms with Crippen molar-refractivity contribution >= 4 is 23.3 Å². The molecule has 0 radical (unpaired) electrons. The number of nitrogens with one attached hydrogen (secondary N) is 2. The Balaban J connectivity index is 1.70. The Morgan fingerprint density at radius 1 is 1.04 bits per heavy atom. The SMILES string of the molecule is NC1(C(=O)Nc2cccc(C(=O)Nc3ccccn3)c2)CCCC1. The second-order valence-electron chi connectivity index (χ2n) is 6.07. The van der Waals surface area contributed by atoms with Gasteiger partial charge in [-0.15, -0.1) is 0 Å². The number of nitrogens with two attached hydrogens (primary N) is 1. The van der Waals surface area contributed by atoms with Gasteiger partial charge in [-0.25, -0.2) is 4.98 Å². The lowest BCUT2D eigenvalue weighted by atomic mass is 9.98. The highest BCUT2D eigenvalue weighted by molar-refractivity contribution is 6.05. The number of carbonyl (C=O) groups is 2. The third kappa shape index (κ3) is 3.60. The van der Waals surface area contributed by atoms with E-state index in [1.165, 1.54) is 0 Å². The molecule has 2 aromatic rings. The predicted molar refractivity (Wildman–Crippen MR) is 92.6 cm³/mol. The number of hydrogen-bond donors (Lipinski definition) is 3. The van der Waals surface area contributed by atoms with Crippen LogP contribution in [0.5, 0.6) is 0 Å². The topological polar surface area (TPSA) is 97.1 Å². The van der Waals surface area contributed by atoms with Gasteiger partial charge < -0.3 is 16.4 Å². The Morgan fingerprint density at radius 3 is 2.54 bits per heavy atom. The van der Waals surface area contributed by atoms with Crippen molar-refractivity contribution in [3.8, 4) is 0 Å². The number of amides is 2. The van der Waals surface area contributed by atoms with Gasteiger partial charge in [-0.3, -0.25) is 9.59 Å². The van der Waals surface area contributed by atoms with Crippen molar-refractivity contribution in [3.05, 3.63) is 54.2 Å². The fourth-order valence-corrected chi connectivity index (χ4v) is 2.85. The lowest BCUT2D eigenvalue weighted by molar-refractivity contribution is -0.121. The molecule has 124 valence electrons. The van der Waals surface area contributed by atoms with Gasteiger partial charge in [-0.05, 0) is 43.2 Å². The van der Waals surface area contributed by atoms with Crippen molar-refractivity contribution in [2.75, 3.05) is 10.6 Å². The average molecular weight is 324 g/mol. The molecule has 6 nitrogen and oxygen atoms in total. The fraction of sp³-hybridized carbons (Fsp3) is 0.278. The van der Waals surface area contributed by atoms with Crippen LogP contribution in [0.2, 0.25) is 0 Å². The first-order chi connectivity index (χ1) is 11.6. The summed E-state index contributed by atoms with van der Waals surface area (Å²) < 4.78 is 0. The second kappa shape index (κ2) is 6.80. The van der Waals surface area contributed by atoms with E-state index in [2.05, 4.69) is 15.6 Å². The first kappa shape index (κ1) is 16.1. The van der Waals surface area contributed by atoms with E-state index in [-0.39, 0.29) is 11.8 Å². The first-order valence-electron chi connectivity index (χ1n) is 8.00. The molecule has 1 aliphatic carbocycles. The molecule has 1 aromatic heterocycles. The van der Waals surface area contributed by atoms with E-state index in [9.17, 15) is 9.59 Å². The smallest absolute Gasteiger partial charge is 0.256 e. The van der Waals surface area contributed by atoms with Crippen LogP contribution in [0.4, 0.5) is 11.5 Å². The molecule has 3 rings (SSSR count). The van der Waals surface area contributed by atoms with Gasteiger partial charge in [0.2, 0.25) is 5.91 Å². The molecule has 1 heterocycles. The number of anilines is 2. The average Bonchev–Trinajstić information content (AvgIpc) is 3.04. The summed E-state index contributed by atoms with van der Waals surface area (Å²) in [6.07, 6.45) is 4.93. The lowest BCUT2D eigenvalue weighted by Gasteiger charge is -2.22. The maximum atomic E-state index is 12.4. The first-order valence-corrected chi connectivity index (χ1v) is 8.00. The normalized spacial score (nSPS) is 15.7. The van der Waals surface area contributed by atoms with E-state index in [4.69, 9.17) is 5.73 Å². The molecule has 6 heteroatoms. The third-order valence-electron chi connectivity index (χ3n) is 4.24. The number of rotatable bonds is 4. The van der Waals surface area contributed by atoms with Crippen LogP contribution in [0.25, 0.3) is 0 Å². The van der Waals surface area contributed by atoms with Crippen LogP contribution in [-0.4, -0.2) is 22.3 Å². The van der Waals surface area contributed by atoms with Gasteiger partial charge in [0.15, 0.2) is 0 Å². The zero-order valence-electron chi connectivity index (χ0n) is 13.3. The Bertz CT molecular complexity index is 740. The second-order valence-corrected chi connectivity index (χ2v) is 6.07. The number of hydrogen-bond acceptors (Lipinski definition) is 4. The molecule has 4 N–H and O–H groups in total. The molecular weight excluding hydrogens is 304 g/mol. The summed E-state index contributed by atoms with van der Waals surface area (Å²) in [5.74, 6) is -0.000725. The highest BCUT2D eigenvalue weighted by Crippen LogP contribution is 2.28. The van der Waals surface area contributed by atoms with Crippen LogP contribution < -0.4 is 16.4 Å². The predicted octanol–water partition coefficient (Wildman–Crippen LogP) is 2.54. The summed E-state index contributed by atoms with van der Waals surface area (Å²) in [7, 11) is 0. The fourth-order valence-electron chi connectivity index (χ4n) is 2.85. The maximum Gasteiger partial charge on any atom is 0.256 e. The van der Waals surface area contributed by atoms with Crippen molar-refractivity contribution in [1.82, 2.24) is 4.98 Å². The molecule has 0 aliphatic heterocycles. The van der Waals surface area contributed by atoms with E-state index in [0.717, 1.165) is 12.8 Å². The summed E-state index contributed by atoms with van der Waals surface area (Å²) >= 11 is 0. The standard InChI is InChI=1S/C18H20N4O2/c19-18(9-2-3-10-18)17(24)21-14-7-5-6-13(12-14)16(23)22-15-8-1-4-11-20-15/h1,4-8,11-12H,2-3,9-10,19H2,(H,21,24)(H,20,22,23). The number of nitrogens with zero attached hydrogens (tertiary/aromatic N) is 1. The van der Waals surface area contributed by atoms with Crippen molar-refractivity contribution < 1.29 is 9.59 Å². The molecule has 1 aromatic carbocycles. The lowest BCUT2D eigenvalue weighted by Crippen LogP contribution is -2.48. The summed E-state index contributed by atoms with van der Waals surface area (Å²) in [5, 5.41) is 5.54. The maximum absolute atomic E-state index is 12.4. The van der Waals surface area contributed by atoms with Gasteiger partial charge in [0.05, 0.1) is 5.54 Å². The monoisotopic (exact) mass is 324 g/mol. The zero-order valence-corrected chi connectivity index (χ0v) is 13.3. The largest absolute Gasteiger partial charge is 0.324 e. The number of benzene rings is 1. The highest BCUT2D eigenvalue weighted by Gasteiger charge is 2.36. The van der Waals surface area contributed by atoms with E-state index >= 15 is 0 Å². The minimum absolute atomic E-state index is 0.192. The molecule has 0 saturated heterocycles. The van der Waals surface area contributed by atoms with Crippen molar-refractivity contribution in [2.45, 2.75) is 31.2 Å². The number of carbonyl (C=O) groups excluding carboxylic acids is 2. The van der Waals surface area contributed by atoms with Crippen LogP contribution in [0.1, 0.15) is 36.0 Å². The van der Waals surface area contributed by atoms with Crippen LogP contribution in [0.15, 0.2) is 48.7 Å². The molecule has 1 aliphatic rings. The minimum atomic E-state index is -0.799. The summed E-state index contributed by atoms with van der Waals surface area (Å²) in [5.41, 5.74) is 6.35. The Hall–Kier alpha value is -2.73. The van der Waals surface area contributed by atoms with E-state index in [1.807, 2.05) is 0 Å². The highest BCUT2D eigenvalue weighted by atomic mass is 16.2. The van der Waals surface area contributed by atoms with Gasteiger partial charge >= 0.3 is 0 Å². The van der Waals surface area contributed by atoms with Crippen molar-refractivity contribution in [2.24, 2.45) is 5.73 Å². The van der Waals surface area contributed by atoms with Gasteiger partial charge in [-0.1, -0.05) is 25.0 Å². The van der Waals surface area contributed by atoms with E-state index in [1.54, 1.807) is 48.7 Å². The molecule has 1 fully saturated rings. The molecule has 0 spiro atoms. The van der Waals surface area contributed by atoms with E-state index in [0.29, 0.717) is 29.9 Å². The molecule has 2 amide bonds. The molecule has 0 bridgehead atoms. The van der Waals surface area contributed by atoms with Gasteiger partial charge in [0.1, 0.15) is 5.82 Å². The third-order valence-corrected chi connectivity index (χ3v) is 4.24. The number of aromatic nitrogens is 1. The van der Waals surface area contributed by atoms with Crippen LogP contribution >= 0.6 is 0 Å². The van der Waals surface area contributed by atoms with Crippen LogP contribution in [0.3, 0.4) is 0 Å².